The summed E-state index contributed by atoms with van der Waals surface area (Å²) in [5.41, 5.74) is 3.49. The Hall–Kier alpha value is -3.68. The topological polar surface area (TPSA) is 74.9 Å². The molecule has 1 aliphatic heterocycles. The molecule has 0 saturated carbocycles. The third-order valence-corrected chi connectivity index (χ3v) is 7.59. The molecule has 0 bridgehead atoms. The molecule has 0 unspecified atom stereocenters. The van der Waals surface area contributed by atoms with Crippen molar-refractivity contribution in [3.8, 4) is 11.5 Å². The van der Waals surface area contributed by atoms with Crippen molar-refractivity contribution in [2.24, 2.45) is 5.92 Å². The largest absolute Gasteiger partial charge is 0.454 e. The van der Waals surface area contributed by atoms with E-state index in [0.29, 0.717) is 53.2 Å². The molecule has 3 aromatic carbocycles. The number of nitrogens with zero attached hydrogens (tertiary/aromatic N) is 2. The Balaban J connectivity index is 1.37. The summed E-state index contributed by atoms with van der Waals surface area (Å²) >= 11 is 12.4. The number of hydrogen-bond donors (Lipinski definition) is 1. The molecule has 5 rings (SSSR count). The highest BCUT2D eigenvalue weighted by molar-refractivity contribution is 6.42. The minimum absolute atomic E-state index is 0.0549. The minimum Gasteiger partial charge on any atom is -0.454 e. The van der Waals surface area contributed by atoms with Gasteiger partial charge in [0.2, 0.25) is 12.7 Å². The molecule has 2 amide bonds. The van der Waals surface area contributed by atoms with Crippen molar-refractivity contribution in [2.75, 3.05) is 26.4 Å². The summed E-state index contributed by atoms with van der Waals surface area (Å²) in [6.07, 6.45) is 2.64. The molecule has 7 nitrogen and oxygen atoms in total. The highest BCUT2D eigenvalue weighted by atomic mass is 35.5. The van der Waals surface area contributed by atoms with Gasteiger partial charge in [-0.3, -0.25) is 9.59 Å². The highest BCUT2D eigenvalue weighted by Gasteiger charge is 2.25. The second kappa shape index (κ2) is 12.2. The van der Waals surface area contributed by atoms with Gasteiger partial charge in [0.1, 0.15) is 6.54 Å². The molecule has 0 saturated heterocycles. The van der Waals surface area contributed by atoms with Crippen molar-refractivity contribution in [1.82, 2.24) is 14.8 Å². The summed E-state index contributed by atoms with van der Waals surface area (Å²) in [7, 11) is 0. The predicted molar refractivity (Wildman–Crippen MR) is 157 cm³/mol. The third-order valence-electron chi connectivity index (χ3n) is 6.85. The van der Waals surface area contributed by atoms with Crippen LogP contribution < -0.4 is 9.47 Å². The van der Waals surface area contributed by atoms with Crippen LogP contribution in [0.15, 0.2) is 66.9 Å². The van der Waals surface area contributed by atoms with Crippen molar-refractivity contribution in [3.63, 3.8) is 0 Å². The Morgan fingerprint density at radius 2 is 1.75 bits per heavy atom. The van der Waals surface area contributed by atoms with Crippen LogP contribution in [0.5, 0.6) is 11.5 Å². The van der Waals surface area contributed by atoms with Gasteiger partial charge in [-0.15, -0.1) is 0 Å². The zero-order valence-corrected chi connectivity index (χ0v) is 24.0. The summed E-state index contributed by atoms with van der Waals surface area (Å²) in [5, 5.41) is 2.02. The number of ether oxygens (including phenoxy) is 2. The van der Waals surface area contributed by atoms with Crippen molar-refractivity contribution in [3.05, 3.63) is 93.6 Å². The number of nitrogens with one attached hydrogen (secondary N) is 1. The van der Waals surface area contributed by atoms with Gasteiger partial charge in [-0.25, -0.2) is 0 Å². The molecule has 0 fully saturated rings. The zero-order chi connectivity index (χ0) is 28.2. The molecule has 0 atom stereocenters. The molecule has 0 radical (unpaired) electrons. The SMILES string of the molecule is CC(C)CN(CC(=O)N(CCc1c[nH]c2ccccc12)Cc1ccc(Cl)c(Cl)c1)C(=O)c1ccc2c(c1)OCO2. The predicted octanol–water partition coefficient (Wildman–Crippen LogP) is 6.57. The number of aromatic amines is 1. The fraction of sp³-hybridized carbons (Fsp3) is 0.290. The highest BCUT2D eigenvalue weighted by Crippen LogP contribution is 2.33. The van der Waals surface area contributed by atoms with Crippen LogP contribution in [0, 0.1) is 5.92 Å². The quantitative estimate of drug-likeness (QED) is 0.230. The number of carbonyl (C=O) groups excluding carboxylic acids is 2. The third kappa shape index (κ3) is 6.37. The Labute approximate surface area is 243 Å². The van der Waals surface area contributed by atoms with Gasteiger partial charge < -0.3 is 24.3 Å². The molecule has 9 heteroatoms. The molecule has 40 heavy (non-hydrogen) atoms. The lowest BCUT2D eigenvalue weighted by molar-refractivity contribution is -0.132. The molecule has 1 aromatic heterocycles. The van der Waals surface area contributed by atoms with Crippen molar-refractivity contribution in [2.45, 2.75) is 26.8 Å². The van der Waals surface area contributed by atoms with Crippen LogP contribution in [0.1, 0.15) is 35.3 Å². The van der Waals surface area contributed by atoms with Crippen LogP contribution in [0.2, 0.25) is 10.0 Å². The first-order valence-corrected chi connectivity index (χ1v) is 14.0. The van der Waals surface area contributed by atoms with Crippen molar-refractivity contribution >= 4 is 45.9 Å². The van der Waals surface area contributed by atoms with E-state index in [-0.39, 0.29) is 31.1 Å². The van der Waals surface area contributed by atoms with Gasteiger partial charge >= 0.3 is 0 Å². The normalized spacial score (nSPS) is 12.2. The van der Waals surface area contributed by atoms with Gasteiger partial charge in [-0.1, -0.05) is 61.3 Å². The first kappa shape index (κ1) is 27.9. The Bertz CT molecular complexity index is 1530. The Morgan fingerprint density at radius 1 is 0.950 bits per heavy atom. The fourth-order valence-corrected chi connectivity index (χ4v) is 5.20. The van der Waals surface area contributed by atoms with E-state index in [1.165, 1.54) is 0 Å². The van der Waals surface area contributed by atoms with E-state index in [0.717, 1.165) is 22.0 Å². The number of halogens is 2. The molecule has 4 aromatic rings. The molecular weight excluding hydrogens is 549 g/mol. The first-order chi connectivity index (χ1) is 19.3. The van der Waals surface area contributed by atoms with E-state index in [1.54, 1.807) is 40.1 Å². The van der Waals surface area contributed by atoms with Crippen molar-refractivity contribution in [1.29, 1.82) is 0 Å². The second-order valence-corrected chi connectivity index (χ2v) is 11.1. The lowest BCUT2D eigenvalue weighted by Gasteiger charge is -2.29. The number of hydrogen-bond acceptors (Lipinski definition) is 4. The molecule has 0 aliphatic carbocycles. The smallest absolute Gasteiger partial charge is 0.254 e. The van der Waals surface area contributed by atoms with E-state index < -0.39 is 0 Å². The van der Waals surface area contributed by atoms with Crippen molar-refractivity contribution < 1.29 is 19.1 Å². The van der Waals surface area contributed by atoms with E-state index in [2.05, 4.69) is 11.1 Å². The van der Waals surface area contributed by atoms with Crippen LogP contribution in [0.25, 0.3) is 10.9 Å². The van der Waals surface area contributed by atoms with E-state index in [1.807, 2.05) is 44.3 Å². The Kier molecular flexibility index (Phi) is 8.52. The molecular formula is C31H31Cl2N3O4. The van der Waals surface area contributed by atoms with Gasteiger partial charge in [0, 0.05) is 42.3 Å². The molecule has 1 N–H and O–H groups in total. The lowest BCUT2D eigenvalue weighted by atomic mass is 10.1. The van der Waals surface area contributed by atoms with E-state index in [9.17, 15) is 9.59 Å². The standard InChI is InChI=1S/C31H31Cl2N3O4/c1-20(2)16-36(31(38)22-8-10-28-29(14-22)40-19-39-28)18-30(37)35(17-21-7-9-25(32)26(33)13-21)12-11-23-15-34-27-6-4-3-5-24(23)27/h3-10,13-15,20,34H,11-12,16-19H2,1-2H3. The average molecular weight is 581 g/mol. The molecule has 0 spiro atoms. The summed E-state index contributed by atoms with van der Waals surface area (Å²) in [4.78, 5) is 34.1. The Morgan fingerprint density at radius 3 is 2.55 bits per heavy atom. The average Bonchev–Trinajstić information content (AvgIpc) is 3.58. The van der Waals surface area contributed by atoms with Crippen LogP contribution >= 0.6 is 23.2 Å². The van der Waals surface area contributed by atoms with E-state index >= 15 is 0 Å². The molecule has 208 valence electrons. The summed E-state index contributed by atoms with van der Waals surface area (Å²) < 4.78 is 10.8. The number of para-hydroxylation sites is 1. The summed E-state index contributed by atoms with van der Waals surface area (Å²) in [5.74, 6) is 0.919. The van der Waals surface area contributed by atoms with Gasteiger partial charge in [-0.05, 0) is 59.9 Å². The number of rotatable bonds is 10. The maximum atomic E-state index is 13.9. The number of fused-ring (bicyclic) bond motifs is 2. The number of carbonyl (C=O) groups is 2. The minimum atomic E-state index is -0.230. The molecule has 1 aliphatic rings. The monoisotopic (exact) mass is 579 g/mol. The van der Waals surface area contributed by atoms with E-state index in [4.69, 9.17) is 32.7 Å². The maximum absolute atomic E-state index is 13.9. The van der Waals surface area contributed by atoms with Gasteiger partial charge in [-0.2, -0.15) is 0 Å². The van der Waals surface area contributed by atoms with Gasteiger partial charge in [0.15, 0.2) is 11.5 Å². The number of amides is 2. The van der Waals surface area contributed by atoms with Gasteiger partial charge in [0.25, 0.3) is 5.91 Å². The second-order valence-electron chi connectivity index (χ2n) is 10.3. The molecule has 2 heterocycles. The number of H-pyrrole nitrogens is 1. The van der Waals surface area contributed by atoms with Crippen LogP contribution in [0.4, 0.5) is 0 Å². The number of aromatic nitrogens is 1. The zero-order valence-electron chi connectivity index (χ0n) is 22.5. The number of benzene rings is 3. The summed E-state index contributed by atoms with van der Waals surface area (Å²) in [6.45, 7) is 5.36. The van der Waals surface area contributed by atoms with Gasteiger partial charge in [0.05, 0.1) is 10.0 Å². The lowest BCUT2D eigenvalue weighted by Crippen LogP contribution is -2.44. The maximum Gasteiger partial charge on any atom is 0.254 e. The fourth-order valence-electron chi connectivity index (χ4n) is 4.88. The first-order valence-electron chi connectivity index (χ1n) is 13.2. The van der Waals surface area contributed by atoms with Crippen LogP contribution in [-0.4, -0.2) is 53.0 Å². The van der Waals surface area contributed by atoms with Crippen LogP contribution in [0.3, 0.4) is 0 Å². The summed E-state index contributed by atoms with van der Waals surface area (Å²) in [6, 6.07) is 18.6. The van der Waals surface area contributed by atoms with Crippen LogP contribution in [-0.2, 0) is 17.8 Å².